The third-order valence-corrected chi connectivity index (χ3v) is 6.74. The van der Waals surface area contributed by atoms with E-state index in [2.05, 4.69) is 4.40 Å². The van der Waals surface area contributed by atoms with Crippen molar-refractivity contribution < 1.29 is 8.42 Å². The summed E-state index contributed by atoms with van der Waals surface area (Å²) in [5.41, 5.74) is 0.980. The molecule has 0 unspecified atom stereocenters. The first kappa shape index (κ1) is 16.3. The van der Waals surface area contributed by atoms with Crippen LogP contribution in [0.5, 0.6) is 0 Å². The molecule has 0 aliphatic rings. The molecule has 4 rings (SSSR count). The molecule has 1 aromatic heterocycles. The molecule has 0 bridgehead atoms. The van der Waals surface area contributed by atoms with Gasteiger partial charge in [-0.25, -0.2) is 0 Å². The summed E-state index contributed by atoms with van der Waals surface area (Å²) in [7, 11) is -1.96. The predicted octanol–water partition coefficient (Wildman–Crippen LogP) is 4.34. The van der Waals surface area contributed by atoms with Crippen molar-refractivity contribution in [2.24, 2.45) is 11.4 Å². The van der Waals surface area contributed by atoms with Crippen LogP contribution in [0.1, 0.15) is 0 Å². The highest BCUT2D eigenvalue weighted by atomic mass is 35.5. The Bertz CT molecular complexity index is 1270. The Morgan fingerprint density at radius 2 is 1.72 bits per heavy atom. The molecular formula is C18H13ClN2O2S2. The van der Waals surface area contributed by atoms with Crippen molar-refractivity contribution >= 4 is 54.0 Å². The SMILES string of the molecule is Cn1/c(=N\S(=O)(=O)c2ccc(Cl)cc2)sc2ccc3ccccc3c21. The molecule has 4 nitrogen and oxygen atoms in total. The highest BCUT2D eigenvalue weighted by molar-refractivity contribution is 7.90. The number of rotatable bonds is 2. The molecule has 0 amide bonds. The van der Waals surface area contributed by atoms with E-state index in [4.69, 9.17) is 11.6 Å². The van der Waals surface area contributed by atoms with Crippen molar-refractivity contribution in [2.75, 3.05) is 0 Å². The summed E-state index contributed by atoms with van der Waals surface area (Å²) in [6.07, 6.45) is 0. The van der Waals surface area contributed by atoms with E-state index in [1.165, 1.54) is 23.5 Å². The van der Waals surface area contributed by atoms with Crippen molar-refractivity contribution in [1.82, 2.24) is 4.57 Å². The van der Waals surface area contributed by atoms with Crippen molar-refractivity contribution in [1.29, 1.82) is 0 Å². The fraction of sp³-hybridized carbons (Fsp3) is 0.0556. The van der Waals surface area contributed by atoms with Gasteiger partial charge in [0.25, 0.3) is 10.0 Å². The standard InChI is InChI=1S/C18H13ClN2O2S2/c1-21-17-15-5-3-2-4-12(15)6-11-16(17)24-18(21)20-25(22,23)14-9-7-13(19)8-10-14/h2-11H,1H3/b20-18+. The first-order valence-electron chi connectivity index (χ1n) is 7.49. The number of halogens is 1. The van der Waals surface area contributed by atoms with E-state index in [-0.39, 0.29) is 4.90 Å². The van der Waals surface area contributed by atoms with Crippen LogP contribution in [0.15, 0.2) is 70.0 Å². The first-order chi connectivity index (χ1) is 12.0. The summed E-state index contributed by atoms with van der Waals surface area (Å²) < 4.78 is 32.0. The number of thiazole rings is 1. The lowest BCUT2D eigenvalue weighted by molar-refractivity contribution is 0.596. The smallest absolute Gasteiger partial charge is 0.285 e. The van der Waals surface area contributed by atoms with Gasteiger partial charge in [0.15, 0.2) is 0 Å². The molecular weight excluding hydrogens is 376 g/mol. The monoisotopic (exact) mass is 388 g/mol. The van der Waals surface area contributed by atoms with Crippen LogP contribution in [-0.4, -0.2) is 13.0 Å². The lowest BCUT2D eigenvalue weighted by Crippen LogP contribution is -2.13. The van der Waals surface area contributed by atoms with E-state index in [1.54, 1.807) is 12.1 Å². The third kappa shape index (κ3) is 2.86. The van der Waals surface area contributed by atoms with E-state index < -0.39 is 10.0 Å². The number of hydrogen-bond donors (Lipinski definition) is 0. The van der Waals surface area contributed by atoms with Crippen LogP contribution in [0.3, 0.4) is 0 Å². The Morgan fingerprint density at radius 3 is 2.48 bits per heavy atom. The summed E-state index contributed by atoms with van der Waals surface area (Å²) in [5.74, 6) is 0. The summed E-state index contributed by atoms with van der Waals surface area (Å²) in [4.78, 5) is 0.556. The molecule has 0 aliphatic carbocycles. The Hall–Kier alpha value is -2.15. The molecule has 4 aromatic rings. The lowest BCUT2D eigenvalue weighted by Gasteiger charge is -2.02. The van der Waals surface area contributed by atoms with Crippen LogP contribution in [0.4, 0.5) is 0 Å². The van der Waals surface area contributed by atoms with Gasteiger partial charge in [0.1, 0.15) is 0 Å². The molecule has 126 valence electrons. The predicted molar refractivity (Wildman–Crippen MR) is 103 cm³/mol. The zero-order valence-corrected chi connectivity index (χ0v) is 15.6. The topological polar surface area (TPSA) is 51.4 Å². The first-order valence-corrected chi connectivity index (χ1v) is 10.1. The van der Waals surface area contributed by atoms with Gasteiger partial charge in [0, 0.05) is 17.5 Å². The Balaban J connectivity index is 1.98. The average molecular weight is 389 g/mol. The Morgan fingerprint density at radius 1 is 1.00 bits per heavy atom. The zero-order valence-electron chi connectivity index (χ0n) is 13.2. The molecule has 25 heavy (non-hydrogen) atoms. The molecule has 0 aliphatic heterocycles. The molecule has 7 heteroatoms. The summed E-state index contributed by atoms with van der Waals surface area (Å²) in [6, 6.07) is 18.1. The Kier molecular flexibility index (Phi) is 3.91. The fourth-order valence-corrected chi connectivity index (χ4v) is 5.16. The second-order valence-corrected chi connectivity index (χ2v) is 8.65. The highest BCUT2D eigenvalue weighted by Gasteiger charge is 2.14. The molecule has 0 atom stereocenters. The van der Waals surface area contributed by atoms with Gasteiger partial charge in [0.2, 0.25) is 4.80 Å². The minimum atomic E-state index is -3.80. The molecule has 3 aromatic carbocycles. The van der Waals surface area contributed by atoms with Crippen molar-refractivity contribution in [2.45, 2.75) is 4.90 Å². The second kappa shape index (κ2) is 5.98. The van der Waals surface area contributed by atoms with E-state index in [1.807, 2.05) is 48.0 Å². The van der Waals surface area contributed by atoms with E-state index in [0.29, 0.717) is 9.82 Å². The molecule has 0 N–H and O–H groups in total. The van der Waals surface area contributed by atoms with Crippen LogP contribution < -0.4 is 4.80 Å². The van der Waals surface area contributed by atoms with Crippen LogP contribution in [0, 0.1) is 0 Å². The summed E-state index contributed by atoms with van der Waals surface area (Å²) >= 11 is 7.18. The summed E-state index contributed by atoms with van der Waals surface area (Å²) in [5, 5.41) is 2.66. The quantitative estimate of drug-likeness (QED) is 0.513. The maximum atomic E-state index is 12.6. The van der Waals surface area contributed by atoms with E-state index in [0.717, 1.165) is 21.0 Å². The summed E-state index contributed by atoms with van der Waals surface area (Å²) in [6.45, 7) is 0. The number of fused-ring (bicyclic) bond motifs is 3. The molecule has 0 saturated heterocycles. The number of sulfonamides is 1. The Labute approximate surface area is 153 Å². The van der Waals surface area contributed by atoms with Crippen LogP contribution in [0.2, 0.25) is 5.02 Å². The largest absolute Gasteiger partial charge is 0.318 e. The maximum absolute atomic E-state index is 12.6. The molecule has 0 radical (unpaired) electrons. The molecule has 1 heterocycles. The van der Waals surface area contributed by atoms with Gasteiger partial charge in [-0.05, 0) is 35.7 Å². The van der Waals surface area contributed by atoms with Gasteiger partial charge < -0.3 is 4.57 Å². The van der Waals surface area contributed by atoms with E-state index >= 15 is 0 Å². The van der Waals surface area contributed by atoms with Crippen LogP contribution in [0.25, 0.3) is 21.0 Å². The normalized spacial score (nSPS) is 13.0. The lowest BCUT2D eigenvalue weighted by atomic mass is 10.1. The number of hydrogen-bond acceptors (Lipinski definition) is 3. The molecule has 0 spiro atoms. The van der Waals surface area contributed by atoms with Gasteiger partial charge in [-0.3, -0.25) is 0 Å². The van der Waals surface area contributed by atoms with Gasteiger partial charge >= 0.3 is 0 Å². The average Bonchev–Trinajstić information content (AvgIpc) is 2.91. The number of nitrogens with zero attached hydrogens (tertiary/aromatic N) is 2. The van der Waals surface area contributed by atoms with Gasteiger partial charge in [-0.15, -0.1) is 4.40 Å². The molecule has 0 fully saturated rings. The van der Waals surface area contributed by atoms with E-state index in [9.17, 15) is 8.42 Å². The van der Waals surface area contributed by atoms with Crippen LogP contribution in [-0.2, 0) is 17.1 Å². The number of aryl methyl sites for hydroxylation is 1. The molecule has 0 saturated carbocycles. The number of benzene rings is 3. The minimum Gasteiger partial charge on any atom is -0.318 e. The minimum absolute atomic E-state index is 0.124. The van der Waals surface area contributed by atoms with Gasteiger partial charge in [-0.1, -0.05) is 53.3 Å². The highest BCUT2D eigenvalue weighted by Crippen LogP contribution is 2.26. The second-order valence-electron chi connectivity index (χ2n) is 5.60. The number of aromatic nitrogens is 1. The fourth-order valence-electron chi connectivity index (χ4n) is 2.77. The van der Waals surface area contributed by atoms with Gasteiger partial charge in [0.05, 0.1) is 15.1 Å². The zero-order chi connectivity index (χ0) is 17.6. The maximum Gasteiger partial charge on any atom is 0.285 e. The van der Waals surface area contributed by atoms with Crippen molar-refractivity contribution in [3.8, 4) is 0 Å². The van der Waals surface area contributed by atoms with Crippen molar-refractivity contribution in [3.05, 3.63) is 70.5 Å². The third-order valence-electron chi connectivity index (χ3n) is 4.00. The van der Waals surface area contributed by atoms with Gasteiger partial charge in [-0.2, -0.15) is 8.42 Å². The van der Waals surface area contributed by atoms with Crippen LogP contribution >= 0.6 is 22.9 Å². The van der Waals surface area contributed by atoms with Crippen molar-refractivity contribution in [3.63, 3.8) is 0 Å².